The molecule has 2 amide bonds. The van der Waals surface area contributed by atoms with Crippen molar-refractivity contribution in [1.82, 2.24) is 15.2 Å². The molecule has 7 nitrogen and oxygen atoms in total. The first-order valence-electron chi connectivity index (χ1n) is 10.4. The predicted octanol–water partition coefficient (Wildman–Crippen LogP) is 2.86. The van der Waals surface area contributed by atoms with Crippen molar-refractivity contribution in [2.24, 2.45) is 0 Å². The molecule has 2 N–H and O–H groups in total. The number of halogens is 1. The zero-order valence-electron chi connectivity index (χ0n) is 17.6. The lowest BCUT2D eigenvalue weighted by atomic mass is 10.1. The van der Waals surface area contributed by atoms with Crippen LogP contribution in [0.25, 0.3) is 11.3 Å². The summed E-state index contributed by atoms with van der Waals surface area (Å²) in [4.78, 5) is 31.3. The number of hydrogen-bond acceptors (Lipinski definition) is 5. The molecule has 1 aromatic heterocycles. The molecule has 0 radical (unpaired) electrons. The Labute approximate surface area is 184 Å². The molecular formula is C24H24FN3O4. The van der Waals surface area contributed by atoms with E-state index < -0.39 is 35.8 Å². The van der Waals surface area contributed by atoms with Gasteiger partial charge in [0.2, 0.25) is 17.7 Å². The van der Waals surface area contributed by atoms with Gasteiger partial charge in [-0.1, -0.05) is 48.5 Å². The van der Waals surface area contributed by atoms with Crippen LogP contribution in [0.15, 0.2) is 65.2 Å². The molecule has 0 saturated carbocycles. The lowest BCUT2D eigenvalue weighted by molar-refractivity contribution is -0.138. The summed E-state index contributed by atoms with van der Waals surface area (Å²) < 4.78 is 19.7. The number of carbonyl (C=O) groups is 2. The monoisotopic (exact) mass is 437 g/mol. The van der Waals surface area contributed by atoms with Gasteiger partial charge >= 0.3 is 0 Å². The Bertz CT molecular complexity index is 1100. The van der Waals surface area contributed by atoms with Gasteiger partial charge in [-0.3, -0.25) is 9.59 Å². The van der Waals surface area contributed by atoms with Crippen LogP contribution >= 0.6 is 0 Å². The molecule has 32 heavy (non-hydrogen) atoms. The van der Waals surface area contributed by atoms with Gasteiger partial charge in [-0.05, 0) is 18.6 Å². The second kappa shape index (κ2) is 9.32. The first kappa shape index (κ1) is 21.7. The largest absolute Gasteiger partial charge is 0.438 e. The minimum atomic E-state index is -0.852. The summed E-state index contributed by atoms with van der Waals surface area (Å²) in [6.45, 7) is 1.76. The number of likely N-dealkylation sites (tertiary alicyclic amines) is 1. The van der Waals surface area contributed by atoms with Crippen molar-refractivity contribution in [3.8, 4) is 11.3 Å². The van der Waals surface area contributed by atoms with Gasteiger partial charge in [0.05, 0.1) is 18.7 Å². The fourth-order valence-electron chi connectivity index (χ4n) is 3.84. The second-order valence-electron chi connectivity index (χ2n) is 7.88. The third-order valence-electron chi connectivity index (χ3n) is 5.51. The van der Waals surface area contributed by atoms with E-state index in [1.54, 1.807) is 25.3 Å². The Morgan fingerprint density at radius 3 is 2.69 bits per heavy atom. The number of aliphatic hydroxyl groups excluding tert-OH is 1. The first-order chi connectivity index (χ1) is 15.4. The minimum absolute atomic E-state index is 0.0247. The number of β-amino-alcohol motifs (C(OH)–C–C–N with tert-alkyl or cyclic N) is 1. The number of nitrogens with one attached hydrogen (secondary N) is 1. The Balaban J connectivity index is 1.43. The fourth-order valence-corrected chi connectivity index (χ4v) is 3.84. The Morgan fingerprint density at radius 2 is 1.94 bits per heavy atom. The number of hydrogen-bond donors (Lipinski definition) is 2. The van der Waals surface area contributed by atoms with Gasteiger partial charge in [-0.15, -0.1) is 0 Å². The standard InChI is InChI=1S/C24H24FN3O4/c1-15(24-26-13-21(32-24)16-7-3-2-4-8-16)27-23(31)20-12-18(29)14-28(20)22(30)11-17-9-5-6-10-19(17)25/h2-10,13,15,18,20,29H,11-12,14H2,1H3,(H,27,31). The van der Waals surface area contributed by atoms with Crippen molar-refractivity contribution < 1.29 is 23.5 Å². The molecule has 0 aliphatic carbocycles. The zero-order valence-corrected chi connectivity index (χ0v) is 17.6. The molecule has 3 unspecified atom stereocenters. The first-order valence-corrected chi connectivity index (χ1v) is 10.4. The SMILES string of the molecule is CC(NC(=O)C1CC(O)CN1C(=O)Cc1ccccc1F)c1ncc(-c2ccccc2)o1. The lowest BCUT2D eigenvalue weighted by Crippen LogP contribution is -2.47. The molecular weight excluding hydrogens is 413 g/mol. The number of aliphatic hydroxyl groups is 1. The molecule has 3 aromatic rings. The van der Waals surface area contributed by atoms with Gasteiger partial charge in [0.15, 0.2) is 5.76 Å². The number of rotatable bonds is 6. The topological polar surface area (TPSA) is 95.7 Å². The van der Waals surface area contributed by atoms with Crippen LogP contribution in [0.5, 0.6) is 0 Å². The minimum Gasteiger partial charge on any atom is -0.438 e. The molecule has 1 saturated heterocycles. The van der Waals surface area contributed by atoms with Crippen molar-refractivity contribution >= 4 is 11.8 Å². The van der Waals surface area contributed by atoms with Gasteiger partial charge < -0.3 is 19.7 Å². The molecule has 1 fully saturated rings. The maximum atomic E-state index is 13.9. The average Bonchev–Trinajstić information content (AvgIpc) is 3.43. The number of carbonyl (C=O) groups excluding carboxylic acids is 2. The third kappa shape index (κ3) is 4.70. The van der Waals surface area contributed by atoms with Crippen molar-refractivity contribution in [3.63, 3.8) is 0 Å². The van der Waals surface area contributed by atoms with Crippen LogP contribution in [0, 0.1) is 5.82 Å². The van der Waals surface area contributed by atoms with E-state index in [2.05, 4.69) is 10.3 Å². The van der Waals surface area contributed by atoms with Crippen LogP contribution in [-0.4, -0.2) is 45.5 Å². The highest BCUT2D eigenvalue weighted by atomic mass is 19.1. The van der Waals surface area contributed by atoms with E-state index in [1.807, 2.05) is 30.3 Å². The van der Waals surface area contributed by atoms with Crippen molar-refractivity contribution in [2.45, 2.75) is 38.0 Å². The van der Waals surface area contributed by atoms with Crippen molar-refractivity contribution in [3.05, 3.63) is 78.1 Å². The quantitative estimate of drug-likeness (QED) is 0.618. The number of oxazole rings is 1. The van der Waals surface area contributed by atoms with Crippen LogP contribution in [0.2, 0.25) is 0 Å². The molecule has 3 atom stereocenters. The summed E-state index contributed by atoms with van der Waals surface area (Å²) in [5.41, 5.74) is 1.12. The highest BCUT2D eigenvalue weighted by Gasteiger charge is 2.39. The molecule has 1 aliphatic rings. The second-order valence-corrected chi connectivity index (χ2v) is 7.88. The van der Waals surface area contributed by atoms with Crippen LogP contribution in [0.4, 0.5) is 4.39 Å². The number of nitrogens with zero attached hydrogens (tertiary/aromatic N) is 2. The summed E-state index contributed by atoms with van der Waals surface area (Å²) in [5, 5.41) is 12.9. The molecule has 4 rings (SSSR count). The fraction of sp³-hybridized carbons (Fsp3) is 0.292. The van der Waals surface area contributed by atoms with Gasteiger partial charge in [-0.25, -0.2) is 9.37 Å². The van der Waals surface area contributed by atoms with Crippen LogP contribution in [-0.2, 0) is 16.0 Å². The van der Waals surface area contributed by atoms with Gasteiger partial charge in [-0.2, -0.15) is 0 Å². The molecule has 2 heterocycles. The Hall–Kier alpha value is -3.52. The third-order valence-corrected chi connectivity index (χ3v) is 5.51. The number of amides is 2. The summed E-state index contributed by atoms with van der Waals surface area (Å²) >= 11 is 0. The van der Waals surface area contributed by atoms with E-state index in [0.29, 0.717) is 11.7 Å². The zero-order chi connectivity index (χ0) is 22.7. The highest BCUT2D eigenvalue weighted by Crippen LogP contribution is 2.24. The molecule has 1 aliphatic heterocycles. The Kier molecular flexibility index (Phi) is 6.32. The van der Waals surface area contributed by atoms with Crippen LogP contribution in [0.1, 0.15) is 30.8 Å². The highest BCUT2D eigenvalue weighted by molar-refractivity contribution is 5.89. The van der Waals surface area contributed by atoms with Crippen LogP contribution in [0.3, 0.4) is 0 Å². The average molecular weight is 437 g/mol. The summed E-state index contributed by atoms with van der Waals surface area (Å²) in [7, 11) is 0. The smallest absolute Gasteiger partial charge is 0.243 e. The van der Waals surface area contributed by atoms with E-state index in [1.165, 1.54) is 17.0 Å². The van der Waals surface area contributed by atoms with Crippen LogP contribution < -0.4 is 5.32 Å². The molecule has 8 heteroatoms. The molecule has 0 bridgehead atoms. The predicted molar refractivity (Wildman–Crippen MR) is 115 cm³/mol. The lowest BCUT2D eigenvalue weighted by Gasteiger charge is -2.25. The molecule has 0 spiro atoms. The maximum absolute atomic E-state index is 13.9. The van der Waals surface area contributed by atoms with Gasteiger partial charge in [0, 0.05) is 18.5 Å². The van der Waals surface area contributed by atoms with Gasteiger partial charge in [0.1, 0.15) is 17.9 Å². The van der Waals surface area contributed by atoms with E-state index in [0.717, 1.165) is 5.56 Å². The summed E-state index contributed by atoms with van der Waals surface area (Å²) in [5.74, 6) is -0.398. The van der Waals surface area contributed by atoms with Crippen molar-refractivity contribution in [1.29, 1.82) is 0 Å². The maximum Gasteiger partial charge on any atom is 0.243 e. The number of aromatic nitrogens is 1. The normalized spacial score (nSPS) is 19.0. The van der Waals surface area contributed by atoms with E-state index in [-0.39, 0.29) is 24.9 Å². The summed E-state index contributed by atoms with van der Waals surface area (Å²) in [6.07, 6.45) is 0.704. The molecule has 166 valence electrons. The van der Waals surface area contributed by atoms with E-state index in [4.69, 9.17) is 4.42 Å². The number of benzene rings is 2. The van der Waals surface area contributed by atoms with Gasteiger partial charge in [0.25, 0.3) is 0 Å². The van der Waals surface area contributed by atoms with Crippen molar-refractivity contribution in [2.75, 3.05) is 6.54 Å². The summed E-state index contributed by atoms with van der Waals surface area (Å²) in [6, 6.07) is 14.1. The molecule has 2 aromatic carbocycles. The Morgan fingerprint density at radius 1 is 1.22 bits per heavy atom. The van der Waals surface area contributed by atoms with E-state index >= 15 is 0 Å². The van der Waals surface area contributed by atoms with E-state index in [9.17, 15) is 19.1 Å².